The maximum absolute atomic E-state index is 13.6. The second kappa shape index (κ2) is 9.26. The van der Waals surface area contributed by atoms with E-state index in [0.717, 1.165) is 11.6 Å². The Morgan fingerprint density at radius 1 is 1.12 bits per heavy atom. The summed E-state index contributed by atoms with van der Waals surface area (Å²) in [5.41, 5.74) is 0.702. The second-order valence-electron chi connectivity index (χ2n) is 7.34. The van der Waals surface area contributed by atoms with Gasteiger partial charge >= 0.3 is 6.18 Å². The van der Waals surface area contributed by atoms with Crippen molar-refractivity contribution in [1.29, 1.82) is 0 Å². The summed E-state index contributed by atoms with van der Waals surface area (Å²) in [6.07, 6.45) is -0.112. The highest BCUT2D eigenvalue weighted by atomic mass is 35.5. The van der Waals surface area contributed by atoms with Gasteiger partial charge in [-0.25, -0.2) is 0 Å². The molecule has 1 saturated heterocycles. The van der Waals surface area contributed by atoms with E-state index in [9.17, 15) is 18.0 Å². The maximum Gasteiger partial charge on any atom is 0.418 e. The Bertz CT molecular complexity index is 1080. The minimum absolute atomic E-state index is 0.237. The molecule has 2 heterocycles. The predicted molar refractivity (Wildman–Crippen MR) is 117 cm³/mol. The third-order valence-electron chi connectivity index (χ3n) is 5.10. The van der Waals surface area contributed by atoms with Gasteiger partial charge in [0.05, 0.1) is 24.5 Å². The van der Waals surface area contributed by atoms with Gasteiger partial charge in [0.25, 0.3) is 0 Å². The number of alkyl halides is 3. The molecule has 0 aromatic heterocycles. The standard InChI is InChI=1S/C23H20ClF3N2O3/c24-17-2-5-21-16(12-17)11-15(14-32-21)1-6-22(30)28-20-4-3-18(13-19(20)23(25,26)27)29-7-9-31-10-8-29/h1-6,11-13H,7-10,14H2,(H,28,30)/b6-1+. The Labute approximate surface area is 188 Å². The molecule has 2 aromatic carbocycles. The number of morpholine rings is 1. The number of carbonyl (C=O) groups is 1. The lowest BCUT2D eigenvalue weighted by molar-refractivity contribution is -0.136. The van der Waals surface area contributed by atoms with Crippen molar-refractivity contribution in [2.24, 2.45) is 0 Å². The second-order valence-corrected chi connectivity index (χ2v) is 7.78. The van der Waals surface area contributed by atoms with Crippen LogP contribution < -0.4 is 15.0 Å². The van der Waals surface area contributed by atoms with Crippen molar-refractivity contribution in [1.82, 2.24) is 0 Å². The van der Waals surface area contributed by atoms with E-state index in [4.69, 9.17) is 21.1 Å². The molecule has 32 heavy (non-hydrogen) atoms. The van der Waals surface area contributed by atoms with E-state index in [1.807, 2.05) is 11.0 Å². The molecule has 0 atom stereocenters. The van der Waals surface area contributed by atoms with Crippen LogP contribution >= 0.6 is 11.6 Å². The fourth-order valence-corrected chi connectivity index (χ4v) is 3.69. The smallest absolute Gasteiger partial charge is 0.418 e. The zero-order valence-corrected chi connectivity index (χ0v) is 17.7. The number of ether oxygens (including phenoxy) is 2. The number of nitrogens with zero attached hydrogens (tertiary/aromatic N) is 1. The van der Waals surface area contributed by atoms with Crippen LogP contribution in [0.25, 0.3) is 6.08 Å². The van der Waals surface area contributed by atoms with E-state index in [1.165, 1.54) is 18.2 Å². The molecule has 0 saturated carbocycles. The van der Waals surface area contributed by atoms with Gasteiger partial charge in [-0.05, 0) is 48.0 Å². The molecule has 2 aliphatic rings. The molecule has 0 aliphatic carbocycles. The lowest BCUT2D eigenvalue weighted by atomic mass is 10.1. The van der Waals surface area contributed by atoms with Crippen LogP contribution in [0.3, 0.4) is 0 Å². The van der Waals surface area contributed by atoms with Crippen LogP contribution in [0.4, 0.5) is 24.5 Å². The van der Waals surface area contributed by atoms with Crippen molar-refractivity contribution in [3.63, 3.8) is 0 Å². The van der Waals surface area contributed by atoms with E-state index in [-0.39, 0.29) is 12.3 Å². The van der Waals surface area contributed by atoms with Gasteiger partial charge in [0.15, 0.2) is 0 Å². The molecule has 1 amide bonds. The Morgan fingerprint density at radius 2 is 1.91 bits per heavy atom. The van der Waals surface area contributed by atoms with Gasteiger partial charge in [-0.2, -0.15) is 13.2 Å². The Hall–Kier alpha value is -2.97. The first-order chi connectivity index (χ1) is 15.3. The summed E-state index contributed by atoms with van der Waals surface area (Å²) in [6, 6.07) is 9.10. The van der Waals surface area contributed by atoms with Gasteiger partial charge < -0.3 is 19.7 Å². The number of hydrogen-bond donors (Lipinski definition) is 1. The molecule has 0 unspecified atom stereocenters. The van der Waals surface area contributed by atoms with Crippen LogP contribution in [0.15, 0.2) is 54.1 Å². The van der Waals surface area contributed by atoms with Gasteiger partial charge in [0.1, 0.15) is 12.4 Å². The number of anilines is 2. The highest BCUT2D eigenvalue weighted by Crippen LogP contribution is 2.37. The number of halogens is 4. The molecule has 9 heteroatoms. The van der Waals surface area contributed by atoms with Crippen LogP contribution in [0, 0.1) is 0 Å². The van der Waals surface area contributed by atoms with Crippen molar-refractivity contribution in [3.05, 3.63) is 70.3 Å². The van der Waals surface area contributed by atoms with Crippen molar-refractivity contribution in [2.75, 3.05) is 43.1 Å². The van der Waals surface area contributed by atoms with E-state index in [2.05, 4.69) is 5.32 Å². The topological polar surface area (TPSA) is 50.8 Å². The molecule has 0 bridgehead atoms. The average Bonchev–Trinajstić information content (AvgIpc) is 2.77. The highest BCUT2D eigenvalue weighted by molar-refractivity contribution is 6.30. The number of fused-ring (bicyclic) bond motifs is 1. The minimum atomic E-state index is -4.61. The van der Waals surface area contributed by atoms with Crippen LogP contribution in [-0.2, 0) is 15.7 Å². The van der Waals surface area contributed by atoms with Gasteiger partial charge in [0.2, 0.25) is 5.91 Å². The third kappa shape index (κ3) is 5.26. The number of carbonyl (C=O) groups excluding carboxylic acids is 1. The maximum atomic E-state index is 13.6. The minimum Gasteiger partial charge on any atom is -0.488 e. The van der Waals surface area contributed by atoms with Crippen molar-refractivity contribution < 1.29 is 27.4 Å². The summed E-state index contributed by atoms with van der Waals surface area (Å²) in [5.74, 6) is -0.00130. The molecule has 0 radical (unpaired) electrons. The first-order valence-electron chi connectivity index (χ1n) is 9.95. The summed E-state index contributed by atoms with van der Waals surface area (Å²) >= 11 is 5.99. The number of nitrogens with one attached hydrogen (secondary N) is 1. The lowest BCUT2D eigenvalue weighted by Gasteiger charge is -2.29. The summed E-state index contributed by atoms with van der Waals surface area (Å²) in [6.45, 7) is 2.18. The van der Waals surface area contributed by atoms with Crippen molar-refractivity contribution in [2.45, 2.75) is 6.18 Å². The molecule has 5 nitrogen and oxygen atoms in total. The molecule has 168 valence electrons. The Morgan fingerprint density at radius 3 is 2.66 bits per heavy atom. The van der Waals surface area contributed by atoms with Crippen LogP contribution in [0.2, 0.25) is 5.02 Å². The van der Waals surface area contributed by atoms with E-state index in [0.29, 0.717) is 48.3 Å². The summed E-state index contributed by atoms with van der Waals surface area (Å²) in [5, 5.41) is 2.88. The zero-order valence-electron chi connectivity index (χ0n) is 16.9. The number of benzene rings is 2. The van der Waals surface area contributed by atoms with Crippen molar-refractivity contribution in [3.8, 4) is 5.75 Å². The van der Waals surface area contributed by atoms with E-state index < -0.39 is 17.6 Å². The Balaban J connectivity index is 1.50. The summed E-state index contributed by atoms with van der Waals surface area (Å²) < 4.78 is 51.8. The SMILES string of the molecule is O=C(/C=C/C1=Cc2cc(Cl)ccc2OC1)Nc1ccc(N2CCOCC2)cc1C(F)(F)F. The van der Waals surface area contributed by atoms with E-state index in [1.54, 1.807) is 24.3 Å². The first kappa shape index (κ1) is 22.2. The number of amides is 1. The highest BCUT2D eigenvalue weighted by Gasteiger charge is 2.34. The molecule has 1 fully saturated rings. The quantitative estimate of drug-likeness (QED) is 0.634. The number of rotatable bonds is 4. The molecule has 1 N–H and O–H groups in total. The predicted octanol–water partition coefficient (Wildman–Crippen LogP) is 5.17. The van der Waals surface area contributed by atoms with Gasteiger partial charge in [-0.3, -0.25) is 4.79 Å². The lowest BCUT2D eigenvalue weighted by Crippen LogP contribution is -2.36. The average molecular weight is 465 g/mol. The fourth-order valence-electron chi connectivity index (χ4n) is 3.51. The zero-order chi connectivity index (χ0) is 22.7. The normalized spacial score (nSPS) is 16.4. The van der Waals surface area contributed by atoms with Gasteiger partial charge in [-0.15, -0.1) is 0 Å². The molecule has 2 aromatic rings. The summed E-state index contributed by atoms with van der Waals surface area (Å²) in [7, 11) is 0. The third-order valence-corrected chi connectivity index (χ3v) is 5.33. The first-order valence-corrected chi connectivity index (χ1v) is 10.3. The Kier molecular flexibility index (Phi) is 6.43. The molecular weight excluding hydrogens is 445 g/mol. The largest absolute Gasteiger partial charge is 0.488 e. The molecule has 0 spiro atoms. The monoisotopic (exact) mass is 464 g/mol. The van der Waals surface area contributed by atoms with Gasteiger partial charge in [-0.1, -0.05) is 17.7 Å². The van der Waals surface area contributed by atoms with Crippen LogP contribution in [-0.4, -0.2) is 38.8 Å². The van der Waals surface area contributed by atoms with Crippen LogP contribution in [0.1, 0.15) is 11.1 Å². The number of hydrogen-bond acceptors (Lipinski definition) is 4. The molecule has 2 aliphatic heterocycles. The molecular formula is C23H20ClF3N2O3. The van der Waals surface area contributed by atoms with Crippen LogP contribution in [0.5, 0.6) is 5.75 Å². The fraction of sp³-hybridized carbons (Fsp3) is 0.261. The molecule has 4 rings (SSSR count). The van der Waals surface area contributed by atoms with Gasteiger partial charge in [0, 0.05) is 35.4 Å². The van der Waals surface area contributed by atoms with E-state index >= 15 is 0 Å². The summed E-state index contributed by atoms with van der Waals surface area (Å²) in [4.78, 5) is 14.2. The van der Waals surface area contributed by atoms with Crippen molar-refractivity contribution >= 4 is 35.0 Å².